The third kappa shape index (κ3) is 5.94. The Balaban J connectivity index is 2.31. The van der Waals surface area contributed by atoms with Crippen LogP contribution in [-0.2, 0) is 6.54 Å². The smallest absolute Gasteiger partial charge is 0.322 e. The average molecular weight is 389 g/mol. The van der Waals surface area contributed by atoms with Gasteiger partial charge in [-0.25, -0.2) is 9.18 Å². The molecule has 0 spiro atoms. The zero-order chi connectivity index (χ0) is 20.7. The molecule has 1 unspecified atom stereocenters. The maximum atomic E-state index is 14.1. The molecule has 0 fully saturated rings. The number of rotatable bonds is 8. The fraction of sp³-hybridized carbons (Fsp3) is 0.381. The largest absolute Gasteiger partial charge is 0.494 e. The number of nitrogens with one attached hydrogen (secondary N) is 1. The van der Waals surface area contributed by atoms with Gasteiger partial charge in [-0.05, 0) is 42.2 Å². The lowest BCUT2D eigenvalue weighted by atomic mass is 10.0. The topological polar surface area (TPSA) is 87.8 Å². The molecule has 0 aliphatic rings. The first-order chi connectivity index (χ1) is 13.3. The molecule has 0 bridgehead atoms. The van der Waals surface area contributed by atoms with Crippen LogP contribution in [0, 0.1) is 11.7 Å². The SMILES string of the molecule is COc1ccc(CN(C(=O)Nc2ccccc2)[C@H](CC(C)C)C(N)O)cc1F. The van der Waals surface area contributed by atoms with Crippen molar-refractivity contribution in [1.82, 2.24) is 4.90 Å². The van der Waals surface area contributed by atoms with Crippen molar-refractivity contribution < 1.29 is 19.0 Å². The summed E-state index contributed by atoms with van der Waals surface area (Å²) in [5.74, 6) is -0.193. The van der Waals surface area contributed by atoms with Crippen LogP contribution in [0.25, 0.3) is 0 Å². The summed E-state index contributed by atoms with van der Waals surface area (Å²) < 4.78 is 19.0. The second-order valence-electron chi connectivity index (χ2n) is 7.08. The summed E-state index contributed by atoms with van der Waals surface area (Å²) in [6.45, 7) is 4.05. The Kier molecular flexibility index (Phi) is 7.78. The number of anilines is 1. The Bertz CT molecular complexity index is 769. The number of ether oxygens (including phenoxy) is 1. The molecule has 2 amide bonds. The van der Waals surface area contributed by atoms with Gasteiger partial charge in [-0.15, -0.1) is 0 Å². The summed E-state index contributed by atoms with van der Waals surface area (Å²) in [5.41, 5.74) is 6.97. The summed E-state index contributed by atoms with van der Waals surface area (Å²) in [4.78, 5) is 14.4. The Hall–Kier alpha value is -2.64. The predicted octanol–water partition coefficient (Wildman–Crippen LogP) is 3.56. The molecule has 0 aromatic heterocycles. The lowest BCUT2D eigenvalue weighted by Crippen LogP contribution is -2.52. The monoisotopic (exact) mass is 389 g/mol. The van der Waals surface area contributed by atoms with E-state index >= 15 is 0 Å². The van der Waals surface area contributed by atoms with Gasteiger partial charge in [-0.2, -0.15) is 0 Å². The molecule has 7 heteroatoms. The minimum absolute atomic E-state index is 0.0885. The van der Waals surface area contributed by atoms with Crippen LogP contribution in [0.5, 0.6) is 5.75 Å². The van der Waals surface area contributed by atoms with Gasteiger partial charge in [0.1, 0.15) is 6.23 Å². The summed E-state index contributed by atoms with van der Waals surface area (Å²) >= 11 is 0. The van der Waals surface area contributed by atoms with Gasteiger partial charge in [0, 0.05) is 12.2 Å². The quantitative estimate of drug-likeness (QED) is 0.603. The van der Waals surface area contributed by atoms with Crippen LogP contribution in [-0.4, -0.2) is 35.4 Å². The van der Waals surface area contributed by atoms with E-state index in [0.717, 1.165) is 0 Å². The van der Waals surface area contributed by atoms with Gasteiger partial charge in [0.05, 0.1) is 13.2 Å². The Morgan fingerprint density at radius 3 is 2.46 bits per heavy atom. The number of nitrogens with zero attached hydrogens (tertiary/aromatic N) is 1. The van der Waals surface area contributed by atoms with Gasteiger partial charge in [0.15, 0.2) is 11.6 Å². The number of urea groups is 1. The molecule has 28 heavy (non-hydrogen) atoms. The van der Waals surface area contributed by atoms with Gasteiger partial charge in [0.25, 0.3) is 0 Å². The minimum atomic E-state index is -1.23. The lowest BCUT2D eigenvalue weighted by molar-refractivity contribution is 0.0589. The number of halogens is 1. The zero-order valence-electron chi connectivity index (χ0n) is 16.4. The van der Waals surface area contributed by atoms with Crippen molar-refractivity contribution in [3.63, 3.8) is 0 Å². The van der Waals surface area contributed by atoms with Crippen molar-refractivity contribution in [2.45, 2.75) is 39.1 Å². The van der Waals surface area contributed by atoms with Gasteiger partial charge in [-0.1, -0.05) is 38.1 Å². The van der Waals surface area contributed by atoms with Crippen LogP contribution in [0.3, 0.4) is 0 Å². The Labute approximate surface area is 165 Å². The predicted molar refractivity (Wildman–Crippen MR) is 107 cm³/mol. The third-order valence-corrected chi connectivity index (χ3v) is 4.36. The molecule has 2 rings (SSSR count). The maximum Gasteiger partial charge on any atom is 0.322 e. The molecular formula is C21H28FN3O3. The number of carbonyl (C=O) groups is 1. The molecule has 2 aromatic carbocycles. The van der Waals surface area contributed by atoms with E-state index in [4.69, 9.17) is 10.5 Å². The third-order valence-electron chi connectivity index (χ3n) is 4.36. The number of carbonyl (C=O) groups excluding carboxylic acids is 1. The minimum Gasteiger partial charge on any atom is -0.494 e. The average Bonchev–Trinajstić information content (AvgIpc) is 2.65. The molecule has 0 saturated carbocycles. The van der Waals surface area contributed by atoms with Crippen LogP contribution in [0.15, 0.2) is 48.5 Å². The van der Waals surface area contributed by atoms with Crippen molar-refractivity contribution >= 4 is 11.7 Å². The second-order valence-corrected chi connectivity index (χ2v) is 7.08. The van der Waals surface area contributed by atoms with E-state index in [2.05, 4.69) is 5.32 Å². The van der Waals surface area contributed by atoms with E-state index in [0.29, 0.717) is 17.7 Å². The van der Waals surface area contributed by atoms with Crippen molar-refractivity contribution in [2.24, 2.45) is 11.7 Å². The van der Waals surface area contributed by atoms with Crippen molar-refractivity contribution in [2.75, 3.05) is 12.4 Å². The van der Waals surface area contributed by atoms with E-state index in [-0.39, 0.29) is 18.2 Å². The second kappa shape index (κ2) is 10.1. The number of methoxy groups -OCH3 is 1. The number of hydrogen-bond donors (Lipinski definition) is 3. The summed E-state index contributed by atoms with van der Waals surface area (Å²) in [7, 11) is 1.39. The molecule has 0 aliphatic heterocycles. The highest BCUT2D eigenvalue weighted by atomic mass is 19.1. The highest BCUT2D eigenvalue weighted by molar-refractivity contribution is 5.89. The number of aliphatic hydroxyl groups is 1. The van der Waals surface area contributed by atoms with Gasteiger partial charge >= 0.3 is 6.03 Å². The molecule has 0 saturated heterocycles. The molecule has 152 valence electrons. The zero-order valence-corrected chi connectivity index (χ0v) is 16.4. The summed E-state index contributed by atoms with van der Waals surface area (Å²) in [5, 5.41) is 12.9. The fourth-order valence-electron chi connectivity index (χ4n) is 3.00. The van der Waals surface area contributed by atoms with Crippen molar-refractivity contribution in [1.29, 1.82) is 0 Å². The maximum absolute atomic E-state index is 14.1. The Morgan fingerprint density at radius 2 is 1.93 bits per heavy atom. The lowest BCUT2D eigenvalue weighted by Gasteiger charge is -2.34. The van der Waals surface area contributed by atoms with E-state index in [1.54, 1.807) is 18.2 Å². The van der Waals surface area contributed by atoms with Crippen LogP contribution in [0.2, 0.25) is 0 Å². The molecule has 2 atom stereocenters. The molecule has 0 aliphatic carbocycles. The van der Waals surface area contributed by atoms with Gasteiger partial charge < -0.3 is 25.8 Å². The van der Waals surface area contributed by atoms with Crippen LogP contribution >= 0.6 is 0 Å². The first-order valence-electron chi connectivity index (χ1n) is 9.20. The summed E-state index contributed by atoms with van der Waals surface area (Å²) in [6, 6.07) is 12.4. The number of benzene rings is 2. The number of nitrogens with two attached hydrogens (primary N) is 1. The first-order valence-corrected chi connectivity index (χ1v) is 9.20. The van der Waals surface area contributed by atoms with Crippen LogP contribution in [0.1, 0.15) is 25.8 Å². The van der Waals surface area contributed by atoms with E-state index in [1.807, 2.05) is 32.0 Å². The number of para-hydroxylation sites is 1. The van der Waals surface area contributed by atoms with E-state index in [1.165, 1.54) is 24.1 Å². The number of amides is 2. The van der Waals surface area contributed by atoms with E-state index in [9.17, 15) is 14.3 Å². The number of aliphatic hydroxyl groups excluding tert-OH is 1. The standard InChI is InChI=1S/C21H28FN3O3/c1-14(2)11-18(20(23)26)25(21(27)24-16-7-5-4-6-8-16)13-15-9-10-19(28-3)17(22)12-15/h4-10,12,14,18,20,26H,11,13,23H2,1-3H3,(H,24,27)/t18-,20?/m1/s1. The van der Waals surface area contributed by atoms with Gasteiger partial charge in [0.2, 0.25) is 0 Å². The summed E-state index contributed by atoms with van der Waals surface area (Å²) in [6.07, 6.45) is -0.731. The van der Waals surface area contributed by atoms with Crippen molar-refractivity contribution in [3.8, 4) is 5.75 Å². The van der Waals surface area contributed by atoms with Gasteiger partial charge in [-0.3, -0.25) is 0 Å². The fourth-order valence-corrected chi connectivity index (χ4v) is 3.00. The number of hydrogen-bond acceptors (Lipinski definition) is 4. The van der Waals surface area contributed by atoms with Crippen molar-refractivity contribution in [3.05, 3.63) is 59.9 Å². The molecule has 2 aromatic rings. The normalized spacial score (nSPS) is 13.1. The molecular weight excluding hydrogens is 361 g/mol. The molecule has 0 heterocycles. The van der Waals surface area contributed by atoms with Crippen LogP contribution in [0.4, 0.5) is 14.9 Å². The first kappa shape index (κ1) is 21.7. The molecule has 4 N–H and O–H groups in total. The Morgan fingerprint density at radius 1 is 1.25 bits per heavy atom. The highest BCUT2D eigenvalue weighted by Gasteiger charge is 2.29. The highest BCUT2D eigenvalue weighted by Crippen LogP contribution is 2.22. The molecule has 0 radical (unpaired) electrons. The molecule has 6 nitrogen and oxygen atoms in total. The van der Waals surface area contributed by atoms with Crippen LogP contribution < -0.4 is 15.8 Å². The van der Waals surface area contributed by atoms with E-state index < -0.39 is 24.1 Å².